The molecule has 0 aliphatic rings. The van der Waals surface area contributed by atoms with Crippen LogP contribution in [-0.2, 0) is 0 Å². The molecule has 0 aliphatic carbocycles. The highest BCUT2D eigenvalue weighted by Crippen LogP contribution is 2.28. The molecule has 5 nitrogen and oxygen atoms in total. The molecule has 0 atom stereocenters. The summed E-state index contributed by atoms with van der Waals surface area (Å²) < 4.78 is 15.5. The van der Waals surface area contributed by atoms with Crippen LogP contribution in [-0.4, -0.2) is 32.9 Å². The smallest absolute Gasteiger partial charge is 0.170 e. The van der Waals surface area contributed by atoms with Gasteiger partial charge in [-0.2, -0.15) is 0 Å². The zero-order chi connectivity index (χ0) is 17.7. The topological polar surface area (TPSA) is 61.8 Å². The van der Waals surface area contributed by atoms with Gasteiger partial charge in [0.25, 0.3) is 0 Å². The van der Waals surface area contributed by atoms with Gasteiger partial charge in [0.15, 0.2) is 23.1 Å². The van der Waals surface area contributed by atoms with Crippen molar-refractivity contribution in [3.8, 4) is 17.2 Å². The van der Waals surface area contributed by atoms with E-state index < -0.39 is 0 Å². The molecule has 0 bridgehead atoms. The lowest BCUT2D eigenvalue weighted by Crippen LogP contribution is -2.09. The molecule has 0 unspecified atom stereocenters. The van der Waals surface area contributed by atoms with E-state index in [1.54, 1.807) is 43.5 Å². The lowest BCUT2D eigenvalue weighted by molar-refractivity contribution is 0.0894. The predicted molar refractivity (Wildman–Crippen MR) is 90.6 cm³/mol. The van der Waals surface area contributed by atoms with Crippen LogP contribution in [0.2, 0.25) is 0 Å². The first-order chi connectivity index (χ1) is 11.5. The van der Waals surface area contributed by atoms with Crippen LogP contribution in [0.25, 0.3) is 0 Å². The van der Waals surface area contributed by atoms with Crippen molar-refractivity contribution in [2.75, 3.05) is 21.3 Å². The Morgan fingerprint density at radius 3 is 1.79 bits per heavy atom. The maximum absolute atomic E-state index is 12.4. The molecular formula is C19H20O5. The van der Waals surface area contributed by atoms with Crippen LogP contribution in [0.5, 0.6) is 17.2 Å². The number of carbonyl (C=O) groups excluding carboxylic acids is 2. The molecule has 0 radical (unpaired) electrons. The van der Waals surface area contributed by atoms with Crippen molar-refractivity contribution in [2.24, 2.45) is 0 Å². The lowest BCUT2D eigenvalue weighted by Gasteiger charge is -2.09. The minimum Gasteiger partial charge on any atom is -0.496 e. The monoisotopic (exact) mass is 328 g/mol. The first-order valence-corrected chi connectivity index (χ1v) is 7.43. The van der Waals surface area contributed by atoms with Crippen molar-refractivity contribution in [3.05, 3.63) is 53.1 Å². The molecule has 0 aromatic heterocycles. The van der Waals surface area contributed by atoms with E-state index in [0.29, 0.717) is 28.4 Å². The number of carbonyl (C=O) groups is 2. The molecule has 0 fully saturated rings. The van der Waals surface area contributed by atoms with E-state index >= 15 is 0 Å². The van der Waals surface area contributed by atoms with E-state index in [0.717, 1.165) is 5.56 Å². The Morgan fingerprint density at radius 1 is 0.750 bits per heavy atom. The molecule has 0 N–H and O–H groups in total. The van der Waals surface area contributed by atoms with E-state index in [1.807, 2.05) is 6.92 Å². The second kappa shape index (κ2) is 7.64. The van der Waals surface area contributed by atoms with Crippen LogP contribution < -0.4 is 14.2 Å². The summed E-state index contributed by atoms with van der Waals surface area (Å²) in [7, 11) is 4.56. The molecule has 0 spiro atoms. The average Bonchev–Trinajstić information content (AvgIpc) is 2.61. The van der Waals surface area contributed by atoms with Crippen LogP contribution in [0.15, 0.2) is 36.4 Å². The second-order valence-corrected chi connectivity index (χ2v) is 5.28. The zero-order valence-electron chi connectivity index (χ0n) is 14.2. The van der Waals surface area contributed by atoms with Crippen molar-refractivity contribution >= 4 is 11.6 Å². The summed E-state index contributed by atoms with van der Waals surface area (Å²) >= 11 is 0. The van der Waals surface area contributed by atoms with Gasteiger partial charge in [0, 0.05) is 11.1 Å². The molecular weight excluding hydrogens is 308 g/mol. The number of rotatable bonds is 7. The van der Waals surface area contributed by atoms with Gasteiger partial charge in [0.05, 0.1) is 27.8 Å². The standard InChI is InChI=1S/C19H20O5/c1-12-5-6-13(9-18(12)23-3)15(20)11-16(21)14-7-8-17(22-2)19(10-14)24-4/h5-10H,11H2,1-4H3. The zero-order valence-corrected chi connectivity index (χ0v) is 14.2. The Morgan fingerprint density at radius 2 is 1.25 bits per heavy atom. The van der Waals surface area contributed by atoms with Crippen molar-refractivity contribution in [1.82, 2.24) is 0 Å². The molecule has 2 aromatic rings. The highest BCUT2D eigenvalue weighted by molar-refractivity contribution is 6.13. The molecule has 0 heterocycles. The fraction of sp³-hybridized carbons (Fsp3) is 0.263. The molecule has 0 amide bonds. The van der Waals surface area contributed by atoms with Gasteiger partial charge in [0.2, 0.25) is 0 Å². The number of ether oxygens (including phenoxy) is 3. The van der Waals surface area contributed by atoms with Crippen molar-refractivity contribution in [1.29, 1.82) is 0 Å². The Kier molecular flexibility index (Phi) is 5.58. The summed E-state index contributed by atoms with van der Waals surface area (Å²) in [6.45, 7) is 1.89. The van der Waals surface area contributed by atoms with Crippen LogP contribution in [0.3, 0.4) is 0 Å². The second-order valence-electron chi connectivity index (χ2n) is 5.28. The van der Waals surface area contributed by atoms with Crippen molar-refractivity contribution in [2.45, 2.75) is 13.3 Å². The molecule has 2 rings (SSSR count). The molecule has 24 heavy (non-hydrogen) atoms. The molecule has 2 aromatic carbocycles. The SMILES string of the molecule is COc1cc(C(=O)CC(=O)c2ccc(OC)c(OC)c2)ccc1C. The van der Waals surface area contributed by atoms with Gasteiger partial charge < -0.3 is 14.2 Å². The van der Waals surface area contributed by atoms with E-state index in [1.165, 1.54) is 14.2 Å². The van der Waals surface area contributed by atoms with Gasteiger partial charge in [-0.15, -0.1) is 0 Å². The van der Waals surface area contributed by atoms with E-state index in [9.17, 15) is 9.59 Å². The average molecular weight is 328 g/mol. The largest absolute Gasteiger partial charge is 0.496 e. The number of aryl methyl sites for hydroxylation is 1. The summed E-state index contributed by atoms with van der Waals surface area (Å²) in [6.07, 6.45) is -0.221. The number of benzene rings is 2. The Balaban J connectivity index is 2.18. The maximum Gasteiger partial charge on any atom is 0.170 e. The van der Waals surface area contributed by atoms with Gasteiger partial charge in [-0.05, 0) is 36.8 Å². The highest BCUT2D eigenvalue weighted by atomic mass is 16.5. The molecule has 0 aliphatic heterocycles. The van der Waals surface area contributed by atoms with Gasteiger partial charge in [-0.1, -0.05) is 12.1 Å². The highest BCUT2D eigenvalue weighted by Gasteiger charge is 2.16. The Labute approximate surface area is 141 Å². The fourth-order valence-electron chi connectivity index (χ4n) is 2.35. The van der Waals surface area contributed by atoms with Crippen molar-refractivity contribution in [3.63, 3.8) is 0 Å². The number of methoxy groups -OCH3 is 3. The predicted octanol–water partition coefficient (Wildman–Crippen LogP) is 3.48. The molecule has 0 saturated carbocycles. The van der Waals surface area contributed by atoms with E-state index in [4.69, 9.17) is 14.2 Å². The molecule has 5 heteroatoms. The summed E-state index contributed by atoms with van der Waals surface area (Å²) in [5.41, 5.74) is 1.78. The van der Waals surface area contributed by atoms with Crippen LogP contribution in [0.1, 0.15) is 32.7 Å². The summed E-state index contributed by atoms with van der Waals surface area (Å²) in [5.74, 6) is 1.07. The van der Waals surface area contributed by atoms with Gasteiger partial charge in [0.1, 0.15) is 5.75 Å². The van der Waals surface area contributed by atoms with Crippen LogP contribution in [0, 0.1) is 6.92 Å². The van der Waals surface area contributed by atoms with Gasteiger partial charge in [-0.25, -0.2) is 0 Å². The van der Waals surface area contributed by atoms with Crippen molar-refractivity contribution < 1.29 is 23.8 Å². The van der Waals surface area contributed by atoms with E-state index in [2.05, 4.69) is 0 Å². The third-order valence-corrected chi connectivity index (χ3v) is 3.76. The number of hydrogen-bond acceptors (Lipinski definition) is 5. The first kappa shape index (κ1) is 17.5. The van der Waals surface area contributed by atoms with Crippen LogP contribution in [0.4, 0.5) is 0 Å². The normalized spacial score (nSPS) is 10.2. The molecule has 126 valence electrons. The summed E-state index contributed by atoms with van der Waals surface area (Å²) in [6, 6.07) is 9.98. The number of ketones is 2. The summed E-state index contributed by atoms with van der Waals surface area (Å²) in [4.78, 5) is 24.7. The quantitative estimate of drug-likeness (QED) is 0.575. The first-order valence-electron chi connectivity index (χ1n) is 7.43. The van der Waals surface area contributed by atoms with E-state index in [-0.39, 0.29) is 18.0 Å². The number of Topliss-reactive ketones (excluding diaryl/α,β-unsaturated/α-hetero) is 2. The van der Waals surface area contributed by atoms with Crippen LogP contribution >= 0.6 is 0 Å². The Bertz CT molecular complexity index is 764. The maximum atomic E-state index is 12.4. The third-order valence-electron chi connectivity index (χ3n) is 3.76. The van der Waals surface area contributed by atoms with Gasteiger partial charge in [-0.3, -0.25) is 9.59 Å². The lowest BCUT2D eigenvalue weighted by atomic mass is 10.00. The summed E-state index contributed by atoms with van der Waals surface area (Å²) in [5, 5.41) is 0. The third kappa shape index (κ3) is 3.74. The minimum absolute atomic E-state index is 0.221. The minimum atomic E-state index is -0.277. The number of hydrogen-bond donors (Lipinski definition) is 0. The van der Waals surface area contributed by atoms with Gasteiger partial charge >= 0.3 is 0 Å². The fourth-order valence-corrected chi connectivity index (χ4v) is 2.35. The molecule has 0 saturated heterocycles. The Hall–Kier alpha value is -2.82.